The van der Waals surface area contributed by atoms with Crippen molar-refractivity contribution in [2.24, 2.45) is 0 Å². The van der Waals surface area contributed by atoms with Crippen molar-refractivity contribution in [1.82, 2.24) is 10.2 Å². The molecule has 0 radical (unpaired) electrons. The van der Waals surface area contributed by atoms with Crippen molar-refractivity contribution in [2.45, 2.75) is 51.1 Å². The van der Waals surface area contributed by atoms with E-state index < -0.39 is 6.04 Å². The van der Waals surface area contributed by atoms with E-state index in [2.05, 4.69) is 5.32 Å². The van der Waals surface area contributed by atoms with E-state index in [1.54, 1.807) is 35.2 Å². The van der Waals surface area contributed by atoms with Crippen molar-refractivity contribution in [3.8, 4) is 0 Å². The van der Waals surface area contributed by atoms with Gasteiger partial charge in [0.05, 0.1) is 5.75 Å². The number of rotatable bonds is 12. The molecule has 0 fully saturated rings. The second-order valence-corrected chi connectivity index (χ2v) is 10.7. The number of halogens is 3. The minimum absolute atomic E-state index is 0.0368. The summed E-state index contributed by atoms with van der Waals surface area (Å²) in [6.45, 7) is 4.11. The lowest BCUT2D eigenvalue weighted by molar-refractivity contribution is -0.139. The standard InChI is InChI=1S/C29H31Cl2FN2O2S/c1-3-20(2)33-29(36)27(16-21-8-5-4-6-9-21)34(17-22-12-14-23(32)15-13-22)28(35)19-37-18-24-25(30)10-7-11-26(24)31/h4-15,20,27H,3,16-19H2,1-2H3,(H,33,36)/t20-,27-/m0/s1. The lowest BCUT2D eigenvalue weighted by Crippen LogP contribution is -2.52. The molecule has 0 heterocycles. The first-order valence-corrected chi connectivity index (χ1v) is 14.1. The zero-order chi connectivity index (χ0) is 26.8. The molecule has 0 saturated heterocycles. The van der Waals surface area contributed by atoms with Crippen LogP contribution in [0.4, 0.5) is 4.39 Å². The molecule has 1 N–H and O–H groups in total. The molecule has 8 heteroatoms. The highest BCUT2D eigenvalue weighted by Gasteiger charge is 2.31. The molecule has 37 heavy (non-hydrogen) atoms. The topological polar surface area (TPSA) is 49.4 Å². The van der Waals surface area contributed by atoms with Gasteiger partial charge in [-0.25, -0.2) is 4.39 Å². The van der Waals surface area contributed by atoms with Crippen LogP contribution in [0.1, 0.15) is 37.0 Å². The monoisotopic (exact) mass is 560 g/mol. The van der Waals surface area contributed by atoms with Gasteiger partial charge in [-0.1, -0.05) is 78.7 Å². The second kappa shape index (κ2) is 14.4. The molecule has 2 atom stereocenters. The quantitative estimate of drug-likeness (QED) is 0.261. The van der Waals surface area contributed by atoms with Gasteiger partial charge < -0.3 is 10.2 Å². The Morgan fingerprint density at radius 3 is 2.22 bits per heavy atom. The number of carbonyl (C=O) groups is 2. The van der Waals surface area contributed by atoms with Crippen LogP contribution < -0.4 is 5.32 Å². The molecule has 4 nitrogen and oxygen atoms in total. The van der Waals surface area contributed by atoms with Crippen molar-refractivity contribution < 1.29 is 14.0 Å². The van der Waals surface area contributed by atoms with Crippen LogP contribution in [0.15, 0.2) is 72.8 Å². The fraction of sp³-hybridized carbons (Fsp3) is 0.310. The number of nitrogens with zero attached hydrogens (tertiary/aromatic N) is 1. The maximum absolute atomic E-state index is 13.7. The van der Waals surface area contributed by atoms with Crippen LogP contribution in [0.25, 0.3) is 0 Å². The van der Waals surface area contributed by atoms with Crippen LogP contribution in [-0.4, -0.2) is 34.6 Å². The van der Waals surface area contributed by atoms with Gasteiger partial charge in [-0.15, -0.1) is 11.8 Å². The molecule has 196 valence electrons. The van der Waals surface area contributed by atoms with Crippen LogP contribution in [0, 0.1) is 5.82 Å². The average Bonchev–Trinajstić information content (AvgIpc) is 2.89. The molecule has 0 aromatic heterocycles. The summed E-state index contributed by atoms with van der Waals surface area (Å²) in [5.74, 6) is -0.184. The van der Waals surface area contributed by atoms with Crippen LogP contribution in [0.2, 0.25) is 10.0 Å². The van der Waals surface area contributed by atoms with Crippen molar-refractivity contribution in [3.63, 3.8) is 0 Å². The Morgan fingerprint density at radius 2 is 1.59 bits per heavy atom. The SMILES string of the molecule is CC[C@H](C)NC(=O)[C@H](Cc1ccccc1)N(Cc1ccc(F)cc1)C(=O)CSCc1c(Cl)cccc1Cl. The molecule has 0 spiro atoms. The second-order valence-electron chi connectivity index (χ2n) is 8.86. The smallest absolute Gasteiger partial charge is 0.243 e. The highest BCUT2D eigenvalue weighted by molar-refractivity contribution is 7.99. The summed E-state index contributed by atoms with van der Waals surface area (Å²) in [5, 5.41) is 4.14. The third kappa shape index (κ3) is 8.77. The first-order valence-electron chi connectivity index (χ1n) is 12.2. The Morgan fingerprint density at radius 1 is 0.946 bits per heavy atom. The van der Waals surface area contributed by atoms with E-state index in [0.717, 1.165) is 23.1 Å². The van der Waals surface area contributed by atoms with Crippen LogP contribution in [-0.2, 0) is 28.3 Å². The summed E-state index contributed by atoms with van der Waals surface area (Å²) >= 11 is 14.0. The minimum Gasteiger partial charge on any atom is -0.352 e. The summed E-state index contributed by atoms with van der Waals surface area (Å²) < 4.78 is 13.6. The summed E-state index contributed by atoms with van der Waals surface area (Å²) in [7, 11) is 0. The molecule has 0 unspecified atom stereocenters. The Hall–Kier alpha value is -2.54. The van der Waals surface area contributed by atoms with Gasteiger partial charge in [0.25, 0.3) is 0 Å². The number of carbonyl (C=O) groups excluding carboxylic acids is 2. The molecular formula is C29H31Cl2FN2O2S. The molecule has 3 aromatic rings. The number of hydrogen-bond acceptors (Lipinski definition) is 3. The molecule has 3 aromatic carbocycles. The molecule has 0 saturated carbocycles. The van der Waals surface area contributed by atoms with E-state index in [1.165, 1.54) is 23.9 Å². The van der Waals surface area contributed by atoms with E-state index in [-0.39, 0.29) is 36.0 Å². The summed E-state index contributed by atoms with van der Waals surface area (Å²) in [5.41, 5.74) is 2.45. The van der Waals surface area contributed by atoms with Gasteiger partial charge in [-0.2, -0.15) is 0 Å². The molecule has 0 bridgehead atoms. The molecule has 0 aliphatic rings. The Bertz CT molecular complexity index is 1160. The normalized spacial score (nSPS) is 12.6. The molecule has 0 aliphatic heterocycles. The lowest BCUT2D eigenvalue weighted by atomic mass is 10.0. The van der Waals surface area contributed by atoms with Crippen molar-refractivity contribution in [3.05, 3.63) is 105 Å². The van der Waals surface area contributed by atoms with E-state index in [9.17, 15) is 14.0 Å². The predicted molar refractivity (Wildman–Crippen MR) is 151 cm³/mol. The number of nitrogens with one attached hydrogen (secondary N) is 1. The molecule has 0 aliphatic carbocycles. The van der Waals surface area contributed by atoms with Gasteiger partial charge in [0.2, 0.25) is 11.8 Å². The maximum atomic E-state index is 13.7. The predicted octanol–water partition coefficient (Wildman–Crippen LogP) is 6.92. The number of thioether (sulfide) groups is 1. The Kier molecular flexibility index (Phi) is 11.3. The zero-order valence-electron chi connectivity index (χ0n) is 20.9. The van der Waals surface area contributed by atoms with Crippen LogP contribution in [0.3, 0.4) is 0 Å². The number of benzene rings is 3. The lowest BCUT2D eigenvalue weighted by Gasteiger charge is -2.32. The minimum atomic E-state index is -0.738. The Balaban J connectivity index is 1.87. The largest absolute Gasteiger partial charge is 0.352 e. The highest BCUT2D eigenvalue weighted by atomic mass is 35.5. The van der Waals surface area contributed by atoms with Crippen molar-refractivity contribution in [1.29, 1.82) is 0 Å². The summed E-state index contributed by atoms with van der Waals surface area (Å²) in [6.07, 6.45) is 1.13. The maximum Gasteiger partial charge on any atom is 0.243 e. The van der Waals surface area contributed by atoms with Gasteiger partial charge >= 0.3 is 0 Å². The fourth-order valence-electron chi connectivity index (χ4n) is 3.78. The van der Waals surface area contributed by atoms with Gasteiger partial charge in [0.15, 0.2) is 0 Å². The zero-order valence-corrected chi connectivity index (χ0v) is 23.3. The third-order valence-corrected chi connectivity index (χ3v) is 7.72. The average molecular weight is 562 g/mol. The third-order valence-electron chi connectivity index (χ3n) is 6.07. The van der Waals surface area contributed by atoms with E-state index in [0.29, 0.717) is 22.2 Å². The van der Waals surface area contributed by atoms with E-state index in [1.807, 2.05) is 44.2 Å². The van der Waals surface area contributed by atoms with E-state index >= 15 is 0 Å². The van der Waals surface area contributed by atoms with Gasteiger partial charge in [0, 0.05) is 34.8 Å². The summed E-state index contributed by atoms with van der Waals surface area (Å²) in [4.78, 5) is 28.7. The van der Waals surface area contributed by atoms with Crippen molar-refractivity contribution in [2.75, 3.05) is 5.75 Å². The number of hydrogen-bond donors (Lipinski definition) is 1. The van der Waals surface area contributed by atoms with Crippen LogP contribution >= 0.6 is 35.0 Å². The highest BCUT2D eigenvalue weighted by Crippen LogP contribution is 2.28. The first kappa shape index (κ1) is 29.0. The first-order chi connectivity index (χ1) is 17.8. The van der Waals surface area contributed by atoms with Crippen LogP contribution in [0.5, 0.6) is 0 Å². The molecule has 2 amide bonds. The molecule has 3 rings (SSSR count). The summed E-state index contributed by atoms with van der Waals surface area (Å²) in [6, 6.07) is 20.1. The van der Waals surface area contributed by atoms with Gasteiger partial charge in [-0.05, 0) is 54.3 Å². The fourth-order valence-corrected chi connectivity index (χ4v) is 5.42. The Labute approximate surface area is 232 Å². The van der Waals surface area contributed by atoms with Gasteiger partial charge in [0.1, 0.15) is 11.9 Å². The van der Waals surface area contributed by atoms with E-state index in [4.69, 9.17) is 23.2 Å². The number of amides is 2. The van der Waals surface area contributed by atoms with Gasteiger partial charge in [-0.3, -0.25) is 9.59 Å². The van der Waals surface area contributed by atoms with Crippen molar-refractivity contribution >= 4 is 46.8 Å². The molecular weight excluding hydrogens is 530 g/mol.